The zero-order chi connectivity index (χ0) is 26.5. The van der Waals surface area contributed by atoms with Crippen molar-refractivity contribution in [2.24, 2.45) is 0 Å². The molecule has 1 aliphatic rings. The largest absolute Gasteiger partial charge is 0.489 e. The van der Waals surface area contributed by atoms with Crippen LogP contribution in [0, 0.1) is 0 Å². The second-order valence-electron chi connectivity index (χ2n) is 9.42. The van der Waals surface area contributed by atoms with Crippen molar-refractivity contribution in [2.75, 3.05) is 33.0 Å². The fourth-order valence-corrected chi connectivity index (χ4v) is 5.08. The van der Waals surface area contributed by atoms with E-state index in [0.717, 1.165) is 11.8 Å². The number of amides is 1. The van der Waals surface area contributed by atoms with Gasteiger partial charge in [0.1, 0.15) is 30.3 Å². The second-order valence-corrected chi connectivity index (χ2v) is 11.4. The van der Waals surface area contributed by atoms with Crippen LogP contribution in [0.2, 0.25) is 0 Å². The van der Waals surface area contributed by atoms with Crippen molar-refractivity contribution in [2.45, 2.75) is 45.4 Å². The van der Waals surface area contributed by atoms with E-state index in [0.29, 0.717) is 30.1 Å². The Morgan fingerprint density at radius 2 is 1.81 bits per heavy atom. The Labute approximate surface area is 213 Å². The van der Waals surface area contributed by atoms with Crippen molar-refractivity contribution in [1.82, 2.24) is 9.21 Å². The van der Waals surface area contributed by atoms with Gasteiger partial charge in [0.05, 0.1) is 25.4 Å². The number of carbonyl (C=O) groups is 2. The molecule has 10 heteroatoms. The number of hydrogen-bond acceptors (Lipinski definition) is 7. The molecule has 0 N–H and O–H groups in total. The van der Waals surface area contributed by atoms with E-state index in [-0.39, 0.29) is 13.2 Å². The second kappa shape index (κ2) is 11.3. The third kappa shape index (κ3) is 7.20. The molecule has 0 saturated heterocycles. The summed E-state index contributed by atoms with van der Waals surface area (Å²) in [5.74, 6) is 0.0159. The number of esters is 1. The van der Waals surface area contributed by atoms with Crippen LogP contribution in [0.4, 0.5) is 0 Å². The molecule has 1 atom stereocenters. The van der Waals surface area contributed by atoms with Crippen LogP contribution in [0.1, 0.15) is 44.4 Å². The molecule has 0 spiro atoms. The van der Waals surface area contributed by atoms with E-state index in [1.807, 2.05) is 44.2 Å². The fraction of sp³-hybridized carbons (Fsp3) is 0.462. The van der Waals surface area contributed by atoms with Gasteiger partial charge in [-0.3, -0.25) is 9.59 Å². The molecule has 9 nitrogen and oxygen atoms in total. The predicted molar refractivity (Wildman–Crippen MR) is 135 cm³/mol. The van der Waals surface area contributed by atoms with Crippen molar-refractivity contribution >= 4 is 21.9 Å². The van der Waals surface area contributed by atoms with Gasteiger partial charge in [-0.05, 0) is 44.5 Å². The number of ether oxygens (including phenoxy) is 3. The first-order valence-electron chi connectivity index (χ1n) is 11.8. The van der Waals surface area contributed by atoms with E-state index in [9.17, 15) is 18.0 Å². The minimum atomic E-state index is -3.82. The van der Waals surface area contributed by atoms with E-state index in [1.54, 1.807) is 25.1 Å². The molecular formula is C26H34N2O7S. The number of fused-ring (bicyclic) bond motifs is 1. The van der Waals surface area contributed by atoms with Crippen LogP contribution in [-0.2, 0) is 31.0 Å². The number of rotatable bonds is 10. The molecule has 0 fully saturated rings. The first kappa shape index (κ1) is 27.5. The Hall–Kier alpha value is -3.11. The standard InChI is InChI=1S/C26H34N2O7S/c1-6-33-25(30)17-27(4)24(29)16-28(36(5,31)32)22-15-26(2,3)35-23-13-12-20(14-21(22)23)34-18-19-10-8-7-9-11-19/h7-14,22H,6,15-18H2,1-5H3. The lowest BCUT2D eigenvalue weighted by Gasteiger charge is -2.41. The van der Waals surface area contributed by atoms with Gasteiger partial charge in [0.15, 0.2) is 0 Å². The van der Waals surface area contributed by atoms with Crippen molar-refractivity contribution in [3.05, 3.63) is 59.7 Å². The zero-order valence-corrected chi connectivity index (χ0v) is 22.2. The average Bonchev–Trinajstić information content (AvgIpc) is 2.80. The summed E-state index contributed by atoms with van der Waals surface area (Å²) >= 11 is 0. The molecular weight excluding hydrogens is 484 g/mol. The molecule has 0 aromatic heterocycles. The van der Waals surface area contributed by atoms with E-state index in [4.69, 9.17) is 14.2 Å². The van der Waals surface area contributed by atoms with Crippen LogP contribution in [0.3, 0.4) is 0 Å². The van der Waals surface area contributed by atoms with Gasteiger partial charge in [-0.15, -0.1) is 0 Å². The Balaban J connectivity index is 1.89. The molecule has 1 unspecified atom stereocenters. The number of nitrogens with zero attached hydrogens (tertiary/aromatic N) is 2. The number of benzene rings is 2. The Morgan fingerprint density at radius 3 is 2.44 bits per heavy atom. The fourth-order valence-electron chi connectivity index (χ4n) is 4.08. The van der Waals surface area contributed by atoms with Crippen LogP contribution < -0.4 is 9.47 Å². The SMILES string of the molecule is CCOC(=O)CN(C)C(=O)CN(C1CC(C)(C)Oc2ccc(OCc3ccccc3)cc21)S(C)(=O)=O. The first-order chi connectivity index (χ1) is 16.9. The lowest BCUT2D eigenvalue weighted by Crippen LogP contribution is -2.48. The van der Waals surface area contributed by atoms with E-state index in [2.05, 4.69) is 0 Å². The van der Waals surface area contributed by atoms with Crippen molar-refractivity contribution in [3.63, 3.8) is 0 Å². The molecule has 196 valence electrons. The minimum absolute atomic E-state index is 0.193. The Bertz CT molecular complexity index is 1180. The van der Waals surface area contributed by atoms with E-state index < -0.39 is 40.1 Å². The monoisotopic (exact) mass is 518 g/mol. The topological polar surface area (TPSA) is 102 Å². The van der Waals surface area contributed by atoms with Gasteiger partial charge in [0.2, 0.25) is 15.9 Å². The highest BCUT2D eigenvalue weighted by Gasteiger charge is 2.41. The summed E-state index contributed by atoms with van der Waals surface area (Å²) < 4.78 is 44.0. The van der Waals surface area contributed by atoms with E-state index in [1.165, 1.54) is 16.3 Å². The maximum Gasteiger partial charge on any atom is 0.325 e. The molecule has 0 aliphatic carbocycles. The highest BCUT2D eigenvalue weighted by molar-refractivity contribution is 7.88. The van der Waals surface area contributed by atoms with Crippen LogP contribution in [0.15, 0.2) is 48.5 Å². The molecule has 0 radical (unpaired) electrons. The van der Waals surface area contributed by atoms with Crippen LogP contribution in [0.5, 0.6) is 11.5 Å². The van der Waals surface area contributed by atoms with Gasteiger partial charge < -0.3 is 19.1 Å². The Kier molecular flexibility index (Phi) is 8.63. The lowest BCUT2D eigenvalue weighted by molar-refractivity contribution is -0.148. The third-order valence-corrected chi connectivity index (χ3v) is 7.06. The van der Waals surface area contributed by atoms with Gasteiger partial charge in [0.25, 0.3) is 0 Å². The summed E-state index contributed by atoms with van der Waals surface area (Å²) in [4.78, 5) is 25.9. The summed E-state index contributed by atoms with van der Waals surface area (Å²) in [6.07, 6.45) is 1.40. The molecule has 0 saturated carbocycles. The lowest BCUT2D eigenvalue weighted by atomic mass is 9.89. The van der Waals surface area contributed by atoms with Gasteiger partial charge in [-0.25, -0.2) is 8.42 Å². The van der Waals surface area contributed by atoms with Gasteiger partial charge in [0, 0.05) is 19.0 Å². The summed E-state index contributed by atoms with van der Waals surface area (Å²) in [6, 6.07) is 14.3. The van der Waals surface area contributed by atoms with Crippen LogP contribution in [-0.4, -0.2) is 68.1 Å². The maximum absolute atomic E-state index is 12.9. The highest BCUT2D eigenvalue weighted by Crippen LogP contribution is 2.44. The molecule has 1 heterocycles. The van der Waals surface area contributed by atoms with Gasteiger partial charge >= 0.3 is 5.97 Å². The summed E-state index contributed by atoms with van der Waals surface area (Å²) in [7, 11) is -2.38. The number of carbonyl (C=O) groups excluding carboxylic acids is 2. The average molecular weight is 519 g/mol. The number of likely N-dealkylation sites (N-methyl/N-ethyl adjacent to an activating group) is 1. The number of sulfonamides is 1. The molecule has 1 amide bonds. The first-order valence-corrected chi connectivity index (χ1v) is 13.6. The molecule has 3 rings (SSSR count). The minimum Gasteiger partial charge on any atom is -0.489 e. The molecule has 2 aromatic carbocycles. The zero-order valence-electron chi connectivity index (χ0n) is 21.4. The summed E-state index contributed by atoms with van der Waals surface area (Å²) in [5.41, 5.74) is 0.940. The molecule has 36 heavy (non-hydrogen) atoms. The number of hydrogen-bond donors (Lipinski definition) is 0. The van der Waals surface area contributed by atoms with Crippen LogP contribution >= 0.6 is 0 Å². The Morgan fingerprint density at radius 1 is 1.11 bits per heavy atom. The van der Waals surface area contributed by atoms with Crippen molar-refractivity contribution in [1.29, 1.82) is 0 Å². The van der Waals surface area contributed by atoms with Gasteiger partial charge in [-0.1, -0.05) is 30.3 Å². The molecule has 0 bridgehead atoms. The van der Waals surface area contributed by atoms with Crippen molar-refractivity contribution < 1.29 is 32.2 Å². The highest BCUT2D eigenvalue weighted by atomic mass is 32.2. The van der Waals surface area contributed by atoms with Crippen molar-refractivity contribution in [3.8, 4) is 11.5 Å². The summed E-state index contributed by atoms with van der Waals surface area (Å²) in [5, 5.41) is 0. The van der Waals surface area contributed by atoms with Gasteiger partial charge in [-0.2, -0.15) is 4.31 Å². The molecule has 2 aromatic rings. The van der Waals surface area contributed by atoms with E-state index >= 15 is 0 Å². The normalized spacial score (nSPS) is 16.6. The molecule has 1 aliphatic heterocycles. The maximum atomic E-state index is 12.9. The summed E-state index contributed by atoms with van der Waals surface area (Å²) in [6.45, 7) is 5.27. The van der Waals surface area contributed by atoms with Crippen LogP contribution in [0.25, 0.3) is 0 Å². The predicted octanol–water partition coefficient (Wildman–Crippen LogP) is 3.15. The smallest absolute Gasteiger partial charge is 0.325 e. The third-order valence-electron chi connectivity index (χ3n) is 5.82. The quantitative estimate of drug-likeness (QED) is 0.445.